The average molecular weight is 332 g/mol. The molecule has 128 valence electrons. The fraction of sp³-hybridized carbons (Fsp3) is 0.909. The monoisotopic (exact) mass is 332 g/mol. The molecule has 0 aliphatic carbocycles. The van der Waals surface area contributed by atoms with Gasteiger partial charge in [0.05, 0.1) is 6.61 Å². The number of azide groups is 1. The van der Waals surface area contributed by atoms with Crippen LogP contribution in [0.4, 0.5) is 0 Å². The highest BCUT2D eigenvalue weighted by Crippen LogP contribution is 2.35. The van der Waals surface area contributed by atoms with Gasteiger partial charge in [-0.1, -0.05) is 5.11 Å². The van der Waals surface area contributed by atoms with E-state index in [9.17, 15) is 14.9 Å². The number of hydrogen-bond donors (Lipinski definition) is 0. The van der Waals surface area contributed by atoms with Gasteiger partial charge in [0.2, 0.25) is 6.29 Å². The van der Waals surface area contributed by atoms with Crippen molar-refractivity contribution < 1.29 is 33.7 Å². The summed E-state index contributed by atoms with van der Waals surface area (Å²) < 4.78 is 21.7. The lowest BCUT2D eigenvalue weighted by Gasteiger charge is -2.49. The van der Waals surface area contributed by atoms with Crippen molar-refractivity contribution in [1.29, 1.82) is 0 Å². The second-order valence-corrected chi connectivity index (χ2v) is 5.43. The summed E-state index contributed by atoms with van der Waals surface area (Å²) in [5.74, 6) is -1.65. The maximum atomic E-state index is 11.4. The lowest BCUT2D eigenvalue weighted by atomic mass is 9.95. The Morgan fingerprint density at radius 2 is 2.22 bits per heavy atom. The van der Waals surface area contributed by atoms with Gasteiger partial charge in [-0.05, 0) is 19.4 Å². The molecule has 23 heavy (non-hydrogen) atoms. The number of esters is 1. The summed E-state index contributed by atoms with van der Waals surface area (Å²) in [4.78, 5) is 29.0. The van der Waals surface area contributed by atoms with E-state index >= 15 is 0 Å². The molecule has 12 nitrogen and oxygen atoms in total. The first-order valence-corrected chi connectivity index (χ1v) is 6.73. The van der Waals surface area contributed by atoms with E-state index < -0.39 is 47.5 Å². The van der Waals surface area contributed by atoms with Crippen LogP contribution < -0.4 is 0 Å². The van der Waals surface area contributed by atoms with Crippen molar-refractivity contribution in [1.82, 2.24) is 0 Å². The number of carbonyl (C=O) groups excluding carboxylic acids is 1. The lowest BCUT2D eigenvalue weighted by Crippen LogP contribution is -2.65. The number of fused-ring (bicyclic) bond motifs is 1. The summed E-state index contributed by atoms with van der Waals surface area (Å²) in [6.07, 6.45) is -4.28. The Kier molecular flexibility index (Phi) is 4.90. The SMILES string of the molecule is CC(=O)O[C@@H]1[C@H](N=[N+]=[N-])[C@@H](O[N+](=O)[O-])O[C@@H]2COC(C)(C)O[C@@H]12. The third-order valence-electron chi connectivity index (χ3n) is 3.31. The Morgan fingerprint density at radius 1 is 1.52 bits per heavy atom. The quantitative estimate of drug-likeness (QED) is 0.182. The first-order valence-electron chi connectivity index (χ1n) is 6.73. The lowest BCUT2D eigenvalue weighted by molar-refractivity contribution is -0.784. The van der Waals surface area contributed by atoms with E-state index in [0.29, 0.717) is 0 Å². The average Bonchev–Trinajstić information content (AvgIpc) is 2.41. The number of hydrogen-bond acceptors (Lipinski definition) is 9. The minimum Gasteiger partial charge on any atom is -0.459 e. The number of rotatable bonds is 4. The van der Waals surface area contributed by atoms with Gasteiger partial charge in [-0.3, -0.25) is 9.63 Å². The maximum absolute atomic E-state index is 11.4. The molecule has 0 N–H and O–H groups in total. The predicted octanol–water partition coefficient (Wildman–Crippen LogP) is 0.682. The third kappa shape index (κ3) is 3.99. The molecule has 0 bridgehead atoms. The summed E-state index contributed by atoms with van der Waals surface area (Å²) in [5.41, 5.74) is 8.69. The number of carbonyl (C=O) groups is 1. The predicted molar refractivity (Wildman–Crippen MR) is 70.1 cm³/mol. The number of ether oxygens (including phenoxy) is 4. The Labute approximate surface area is 130 Å². The molecular formula is C11H16N4O8. The molecule has 0 spiro atoms. The van der Waals surface area contributed by atoms with E-state index in [1.165, 1.54) is 0 Å². The molecular weight excluding hydrogens is 316 g/mol. The zero-order valence-corrected chi connectivity index (χ0v) is 12.6. The zero-order chi connectivity index (χ0) is 17.2. The van der Waals surface area contributed by atoms with Gasteiger partial charge in [0.15, 0.2) is 5.79 Å². The molecule has 0 amide bonds. The van der Waals surface area contributed by atoms with Gasteiger partial charge in [-0.2, -0.15) is 0 Å². The number of nitrogens with zero attached hydrogens (tertiary/aromatic N) is 4. The largest absolute Gasteiger partial charge is 0.459 e. The smallest absolute Gasteiger partial charge is 0.303 e. The van der Waals surface area contributed by atoms with E-state index in [-0.39, 0.29) is 6.61 Å². The van der Waals surface area contributed by atoms with Gasteiger partial charge < -0.3 is 18.9 Å². The van der Waals surface area contributed by atoms with E-state index in [1.807, 2.05) is 0 Å². The van der Waals surface area contributed by atoms with Crippen LogP contribution in [0, 0.1) is 10.1 Å². The van der Waals surface area contributed by atoms with Gasteiger partial charge >= 0.3 is 5.97 Å². The van der Waals surface area contributed by atoms with E-state index in [1.54, 1.807) is 13.8 Å². The minimum atomic E-state index is -1.54. The molecule has 2 fully saturated rings. The standard InChI is InChI=1S/C11H16N4O8/c1-5(16)20-9-7(13-14-12)10(23-15(17)18)21-6-4-19-11(2,3)22-8(6)9/h6-10H,4H2,1-3H3/t6-,7+,8-,9-,10-/m1/s1. The van der Waals surface area contributed by atoms with Gasteiger partial charge in [-0.25, -0.2) is 0 Å². The van der Waals surface area contributed by atoms with Crippen LogP contribution in [0.25, 0.3) is 10.4 Å². The molecule has 0 aromatic rings. The van der Waals surface area contributed by atoms with E-state index in [4.69, 9.17) is 24.5 Å². The second-order valence-electron chi connectivity index (χ2n) is 5.43. The molecule has 0 radical (unpaired) electrons. The molecule has 2 saturated heterocycles. The van der Waals surface area contributed by atoms with E-state index in [2.05, 4.69) is 14.9 Å². The van der Waals surface area contributed by atoms with Crippen molar-refractivity contribution in [2.75, 3.05) is 6.61 Å². The topological polar surface area (TPSA) is 155 Å². The highest BCUT2D eigenvalue weighted by molar-refractivity contribution is 5.66. The highest BCUT2D eigenvalue weighted by Gasteiger charge is 2.53. The molecule has 2 aliphatic rings. The van der Waals surface area contributed by atoms with Gasteiger partial charge in [-0.15, -0.1) is 10.1 Å². The maximum Gasteiger partial charge on any atom is 0.303 e. The van der Waals surface area contributed by atoms with E-state index in [0.717, 1.165) is 6.92 Å². The molecule has 0 saturated carbocycles. The van der Waals surface area contributed by atoms with Crippen LogP contribution in [0.2, 0.25) is 0 Å². The van der Waals surface area contributed by atoms with Crippen molar-refractivity contribution in [2.45, 2.75) is 57.2 Å². The van der Waals surface area contributed by atoms with Crippen molar-refractivity contribution in [3.05, 3.63) is 20.6 Å². The Hall–Kier alpha value is -2.14. The van der Waals surface area contributed by atoms with Crippen LogP contribution in [0.15, 0.2) is 5.11 Å². The van der Waals surface area contributed by atoms with Crippen LogP contribution in [0.1, 0.15) is 20.8 Å². The zero-order valence-electron chi connectivity index (χ0n) is 12.6. The minimum absolute atomic E-state index is 0.0377. The van der Waals surface area contributed by atoms with Crippen molar-refractivity contribution >= 4 is 5.97 Å². The molecule has 5 atom stereocenters. The first-order chi connectivity index (χ1) is 10.7. The third-order valence-corrected chi connectivity index (χ3v) is 3.31. The van der Waals surface area contributed by atoms with Gasteiger partial charge in [0.1, 0.15) is 24.4 Å². The van der Waals surface area contributed by atoms with Crippen LogP contribution >= 0.6 is 0 Å². The fourth-order valence-electron chi connectivity index (χ4n) is 2.49. The first kappa shape index (κ1) is 17.2. The van der Waals surface area contributed by atoms with Crippen molar-refractivity contribution in [2.24, 2.45) is 5.11 Å². The van der Waals surface area contributed by atoms with Crippen LogP contribution in [-0.2, 0) is 28.6 Å². The van der Waals surface area contributed by atoms with Gasteiger partial charge in [0.25, 0.3) is 5.09 Å². The van der Waals surface area contributed by atoms with Crippen LogP contribution in [0.3, 0.4) is 0 Å². The molecule has 0 aromatic carbocycles. The Balaban J connectivity index is 2.34. The summed E-state index contributed by atoms with van der Waals surface area (Å²) in [5, 5.41) is 12.9. The highest BCUT2D eigenvalue weighted by atomic mass is 17.0. The van der Waals surface area contributed by atoms with Crippen molar-refractivity contribution in [3.8, 4) is 0 Å². The molecule has 0 aromatic heterocycles. The molecule has 2 aliphatic heterocycles. The Bertz CT molecular complexity index is 534. The van der Waals surface area contributed by atoms with Crippen LogP contribution in [-0.4, -0.2) is 54.1 Å². The normalized spacial score (nSPS) is 35.3. The Morgan fingerprint density at radius 3 is 2.78 bits per heavy atom. The molecule has 2 rings (SSSR count). The van der Waals surface area contributed by atoms with Gasteiger partial charge in [0, 0.05) is 11.8 Å². The summed E-state index contributed by atoms with van der Waals surface area (Å²) >= 11 is 0. The summed E-state index contributed by atoms with van der Waals surface area (Å²) in [6, 6.07) is -1.29. The van der Waals surface area contributed by atoms with Crippen molar-refractivity contribution in [3.63, 3.8) is 0 Å². The molecule has 12 heteroatoms. The van der Waals surface area contributed by atoms with Crippen LogP contribution in [0.5, 0.6) is 0 Å². The second kappa shape index (κ2) is 6.54. The summed E-state index contributed by atoms with van der Waals surface area (Å²) in [7, 11) is 0. The summed E-state index contributed by atoms with van der Waals surface area (Å²) in [6.45, 7) is 4.49. The fourth-order valence-corrected chi connectivity index (χ4v) is 2.49. The molecule has 2 heterocycles. The molecule has 0 unspecified atom stereocenters.